The molecule has 0 spiro atoms. The molecule has 5 nitrogen and oxygen atoms in total. The lowest BCUT2D eigenvalue weighted by molar-refractivity contribution is -0.136. The van der Waals surface area contributed by atoms with E-state index < -0.39 is 11.7 Å². The van der Waals surface area contributed by atoms with Crippen molar-refractivity contribution in [3.8, 4) is 0 Å². The van der Waals surface area contributed by atoms with Gasteiger partial charge in [0.15, 0.2) is 11.6 Å². The molecule has 0 saturated heterocycles. The lowest BCUT2D eigenvalue weighted by Crippen LogP contribution is -2.10. The van der Waals surface area contributed by atoms with Gasteiger partial charge in [-0.2, -0.15) is 13.2 Å². The smallest absolute Gasteiger partial charge is 0.393 e. The number of nitrogens with zero attached hydrogens (tertiary/aromatic N) is 2. The number of hydrogen-bond acceptors (Lipinski definition) is 5. The number of benzene rings is 2. The number of anilines is 5. The van der Waals surface area contributed by atoms with Gasteiger partial charge in [-0.3, -0.25) is 0 Å². The van der Waals surface area contributed by atoms with Crippen LogP contribution in [-0.4, -0.2) is 9.97 Å². The molecule has 0 bridgehead atoms. The molecule has 9 heteroatoms. The molecule has 1 heterocycles. The summed E-state index contributed by atoms with van der Waals surface area (Å²) in [6, 6.07) is 10.4. The lowest BCUT2D eigenvalue weighted by Gasteiger charge is -2.16. The molecular formula is C18H15ClF3N5. The van der Waals surface area contributed by atoms with Crippen molar-refractivity contribution in [3.63, 3.8) is 0 Å². The van der Waals surface area contributed by atoms with Crippen LogP contribution in [0.2, 0.25) is 5.02 Å². The second-order valence-electron chi connectivity index (χ2n) is 5.74. The summed E-state index contributed by atoms with van der Waals surface area (Å²) in [5, 5.41) is 6.18. The van der Waals surface area contributed by atoms with Gasteiger partial charge in [0.2, 0.25) is 0 Å². The zero-order valence-electron chi connectivity index (χ0n) is 14.1. The van der Waals surface area contributed by atoms with Crippen LogP contribution >= 0.6 is 11.6 Å². The van der Waals surface area contributed by atoms with E-state index in [4.69, 9.17) is 17.3 Å². The van der Waals surface area contributed by atoms with Crippen molar-refractivity contribution >= 4 is 40.3 Å². The molecule has 3 rings (SSSR count). The van der Waals surface area contributed by atoms with Crippen LogP contribution in [0.4, 0.5) is 41.9 Å². The number of rotatable bonds is 4. The van der Waals surface area contributed by atoms with E-state index in [-0.39, 0.29) is 23.0 Å². The summed E-state index contributed by atoms with van der Waals surface area (Å²) in [4.78, 5) is 8.00. The van der Waals surface area contributed by atoms with Crippen molar-refractivity contribution in [2.75, 3.05) is 16.4 Å². The Morgan fingerprint density at radius 1 is 1.00 bits per heavy atom. The Hall–Kier alpha value is -3.00. The molecular weight excluding hydrogens is 379 g/mol. The third kappa shape index (κ3) is 4.22. The Balaban J connectivity index is 1.91. The van der Waals surface area contributed by atoms with Crippen molar-refractivity contribution in [2.45, 2.75) is 13.1 Å². The molecule has 2 aromatic carbocycles. The van der Waals surface area contributed by atoms with Gasteiger partial charge in [-0.25, -0.2) is 9.97 Å². The second kappa shape index (κ2) is 7.32. The number of nitrogens with two attached hydrogens (primary N) is 1. The highest BCUT2D eigenvalue weighted by molar-refractivity contribution is 6.31. The first-order valence-electron chi connectivity index (χ1n) is 7.82. The molecule has 0 amide bonds. The van der Waals surface area contributed by atoms with E-state index in [9.17, 15) is 13.2 Å². The Morgan fingerprint density at radius 3 is 2.33 bits per heavy atom. The molecule has 140 valence electrons. The summed E-state index contributed by atoms with van der Waals surface area (Å²) in [5.41, 5.74) is 6.69. The fraction of sp³-hybridized carbons (Fsp3) is 0.111. The van der Waals surface area contributed by atoms with E-state index in [1.165, 1.54) is 24.5 Å². The zero-order valence-corrected chi connectivity index (χ0v) is 14.9. The number of aryl methyl sites for hydroxylation is 1. The van der Waals surface area contributed by atoms with E-state index in [2.05, 4.69) is 20.6 Å². The van der Waals surface area contributed by atoms with Gasteiger partial charge in [0.25, 0.3) is 0 Å². The zero-order chi connectivity index (χ0) is 19.6. The summed E-state index contributed by atoms with van der Waals surface area (Å²) in [7, 11) is 0. The molecule has 0 aliphatic heterocycles. The second-order valence-corrected chi connectivity index (χ2v) is 6.15. The minimum absolute atomic E-state index is 0.0578. The standard InChI is InChI=1S/C18H15ClF3N5/c1-10-6-7-11(8-13(10)19)26-16-15(23)17(25-9-24-16)27-14-5-3-2-4-12(14)18(20,21)22/h2-9H,23H2,1H3,(H2,24,25,26,27). The van der Waals surface area contributed by atoms with Crippen molar-refractivity contribution < 1.29 is 13.2 Å². The van der Waals surface area contributed by atoms with Gasteiger partial charge in [-0.15, -0.1) is 0 Å². The van der Waals surface area contributed by atoms with Crippen LogP contribution < -0.4 is 16.4 Å². The number of para-hydroxylation sites is 1. The maximum atomic E-state index is 13.2. The van der Waals surface area contributed by atoms with Crippen molar-refractivity contribution in [2.24, 2.45) is 0 Å². The summed E-state index contributed by atoms with van der Waals surface area (Å²) >= 11 is 6.10. The molecule has 0 fully saturated rings. The Labute approximate surface area is 158 Å². The predicted octanol–water partition coefficient (Wildman–Crippen LogP) is 5.53. The summed E-state index contributed by atoms with van der Waals surface area (Å²) in [5.74, 6) is 0.305. The highest BCUT2D eigenvalue weighted by Gasteiger charge is 2.33. The van der Waals surface area contributed by atoms with Gasteiger partial charge in [0, 0.05) is 10.7 Å². The molecule has 0 radical (unpaired) electrons. The molecule has 4 N–H and O–H groups in total. The Morgan fingerprint density at radius 2 is 1.67 bits per heavy atom. The van der Waals surface area contributed by atoms with E-state index in [0.717, 1.165) is 11.6 Å². The number of alkyl halides is 3. The summed E-state index contributed by atoms with van der Waals surface area (Å²) in [6.07, 6.45) is -3.31. The molecule has 3 aromatic rings. The third-order valence-electron chi connectivity index (χ3n) is 3.80. The van der Waals surface area contributed by atoms with Crippen LogP contribution in [0.25, 0.3) is 0 Å². The average Bonchev–Trinajstić information content (AvgIpc) is 2.61. The largest absolute Gasteiger partial charge is 0.418 e. The van der Waals surface area contributed by atoms with Crippen LogP contribution in [0.3, 0.4) is 0 Å². The van der Waals surface area contributed by atoms with Crippen molar-refractivity contribution in [3.05, 3.63) is 64.9 Å². The van der Waals surface area contributed by atoms with Gasteiger partial charge in [-0.05, 0) is 36.8 Å². The molecule has 0 unspecified atom stereocenters. The van der Waals surface area contributed by atoms with E-state index >= 15 is 0 Å². The van der Waals surface area contributed by atoms with E-state index in [0.29, 0.717) is 10.7 Å². The van der Waals surface area contributed by atoms with Gasteiger partial charge in [-0.1, -0.05) is 29.8 Å². The van der Waals surface area contributed by atoms with E-state index in [1.54, 1.807) is 12.1 Å². The number of aromatic nitrogens is 2. The van der Waals surface area contributed by atoms with Crippen LogP contribution in [0.5, 0.6) is 0 Å². The number of hydrogen-bond donors (Lipinski definition) is 3. The van der Waals surface area contributed by atoms with Gasteiger partial charge < -0.3 is 16.4 Å². The number of nitrogens with one attached hydrogen (secondary N) is 2. The normalized spacial score (nSPS) is 11.3. The van der Waals surface area contributed by atoms with Gasteiger partial charge in [0.1, 0.15) is 12.0 Å². The third-order valence-corrected chi connectivity index (χ3v) is 4.21. The topological polar surface area (TPSA) is 75.9 Å². The first-order chi connectivity index (χ1) is 12.8. The van der Waals surface area contributed by atoms with E-state index in [1.807, 2.05) is 13.0 Å². The highest BCUT2D eigenvalue weighted by Crippen LogP contribution is 2.37. The Bertz CT molecular complexity index is 975. The Kier molecular flexibility index (Phi) is 5.09. The monoisotopic (exact) mass is 393 g/mol. The molecule has 0 atom stereocenters. The molecule has 27 heavy (non-hydrogen) atoms. The lowest BCUT2D eigenvalue weighted by atomic mass is 10.1. The van der Waals surface area contributed by atoms with Crippen LogP contribution in [-0.2, 0) is 6.18 Å². The number of halogens is 4. The maximum Gasteiger partial charge on any atom is 0.418 e. The number of nitrogen functional groups attached to an aromatic ring is 1. The van der Waals surface area contributed by atoms with Crippen molar-refractivity contribution in [1.29, 1.82) is 0 Å². The van der Waals surface area contributed by atoms with Crippen LogP contribution in [0.15, 0.2) is 48.8 Å². The minimum Gasteiger partial charge on any atom is -0.393 e. The fourth-order valence-electron chi connectivity index (χ4n) is 2.37. The van der Waals surface area contributed by atoms with Crippen LogP contribution in [0, 0.1) is 6.92 Å². The summed E-state index contributed by atoms with van der Waals surface area (Å²) < 4.78 is 39.5. The average molecular weight is 394 g/mol. The van der Waals surface area contributed by atoms with Crippen LogP contribution in [0.1, 0.15) is 11.1 Å². The molecule has 1 aromatic heterocycles. The first kappa shape index (κ1) is 18.8. The molecule has 0 saturated carbocycles. The van der Waals surface area contributed by atoms with Gasteiger partial charge >= 0.3 is 6.18 Å². The fourth-order valence-corrected chi connectivity index (χ4v) is 2.55. The maximum absolute atomic E-state index is 13.2. The van der Waals surface area contributed by atoms with Gasteiger partial charge in [0.05, 0.1) is 11.3 Å². The quantitative estimate of drug-likeness (QED) is 0.543. The minimum atomic E-state index is -4.51. The summed E-state index contributed by atoms with van der Waals surface area (Å²) in [6.45, 7) is 1.87. The SMILES string of the molecule is Cc1ccc(Nc2ncnc(Nc3ccccc3C(F)(F)F)c2N)cc1Cl. The first-order valence-corrected chi connectivity index (χ1v) is 8.20. The molecule has 0 aliphatic carbocycles. The molecule has 0 aliphatic rings. The van der Waals surface area contributed by atoms with Crippen molar-refractivity contribution in [1.82, 2.24) is 9.97 Å². The predicted molar refractivity (Wildman–Crippen MR) is 101 cm³/mol. The highest BCUT2D eigenvalue weighted by atomic mass is 35.5.